The van der Waals surface area contributed by atoms with Gasteiger partial charge in [0.15, 0.2) is 6.10 Å². The second-order valence-electron chi connectivity index (χ2n) is 3.76. The third-order valence-electron chi connectivity index (χ3n) is 2.30. The van der Waals surface area contributed by atoms with Gasteiger partial charge < -0.3 is 15.9 Å². The minimum atomic E-state index is -1.41. The number of aliphatic carboxylic acids is 1. The molecule has 4 N–H and O–H groups in total. The second kappa shape index (κ2) is 7.65. The Bertz CT molecular complexity index is 558. The lowest BCUT2D eigenvalue weighted by Crippen LogP contribution is -2.10. The number of hydrogen-bond acceptors (Lipinski definition) is 4. The molecule has 1 aromatic heterocycles. The summed E-state index contributed by atoms with van der Waals surface area (Å²) in [6, 6.07) is 11.5. The SMILES string of the molecule is NC(=O)c1cccnc1.O=C(O)[C@H](O)c1ccccc1. The highest BCUT2D eigenvalue weighted by Crippen LogP contribution is 2.10. The number of carboxylic acids is 1. The Kier molecular flexibility index (Phi) is 5.86. The highest BCUT2D eigenvalue weighted by Gasteiger charge is 2.14. The van der Waals surface area contributed by atoms with Crippen LogP contribution >= 0.6 is 0 Å². The van der Waals surface area contributed by atoms with Gasteiger partial charge in [-0.2, -0.15) is 0 Å². The predicted octanol–water partition coefficient (Wildman–Crippen LogP) is 0.985. The summed E-state index contributed by atoms with van der Waals surface area (Å²) in [5, 5.41) is 17.4. The molecule has 6 heteroatoms. The molecule has 0 radical (unpaired) electrons. The van der Waals surface area contributed by atoms with E-state index in [9.17, 15) is 9.59 Å². The van der Waals surface area contributed by atoms with Gasteiger partial charge >= 0.3 is 5.97 Å². The van der Waals surface area contributed by atoms with Gasteiger partial charge in [0.05, 0.1) is 5.56 Å². The van der Waals surface area contributed by atoms with E-state index in [1.165, 1.54) is 6.20 Å². The Hall–Kier alpha value is -2.73. The molecule has 1 heterocycles. The normalized spacial score (nSPS) is 10.8. The lowest BCUT2D eigenvalue weighted by molar-refractivity contribution is -0.146. The first-order chi connectivity index (χ1) is 9.52. The van der Waals surface area contributed by atoms with Gasteiger partial charge in [-0.1, -0.05) is 30.3 Å². The van der Waals surface area contributed by atoms with Gasteiger partial charge in [0, 0.05) is 12.4 Å². The topological polar surface area (TPSA) is 114 Å². The molecule has 0 aliphatic carbocycles. The van der Waals surface area contributed by atoms with Crippen LogP contribution in [0.3, 0.4) is 0 Å². The van der Waals surface area contributed by atoms with Crippen LogP contribution in [0, 0.1) is 0 Å². The Morgan fingerprint density at radius 3 is 2.15 bits per heavy atom. The standard InChI is InChI=1S/C8H8O3.C6H6N2O/c9-7(8(10)11)6-4-2-1-3-5-6;7-6(9)5-2-1-3-8-4-5/h1-5,7,9H,(H,10,11);1-4H,(H2,7,9)/t7-;/m1./s1. The van der Waals surface area contributed by atoms with Crippen LogP contribution in [-0.2, 0) is 4.79 Å². The number of nitrogens with zero attached hydrogens (tertiary/aromatic N) is 1. The third-order valence-corrected chi connectivity index (χ3v) is 2.30. The van der Waals surface area contributed by atoms with Crippen molar-refractivity contribution in [1.29, 1.82) is 0 Å². The summed E-state index contributed by atoms with van der Waals surface area (Å²) in [5.74, 6) is -1.67. The summed E-state index contributed by atoms with van der Waals surface area (Å²) in [5.41, 5.74) is 5.78. The molecule has 1 atom stereocenters. The largest absolute Gasteiger partial charge is 0.479 e. The molecule has 20 heavy (non-hydrogen) atoms. The first kappa shape index (κ1) is 15.3. The van der Waals surface area contributed by atoms with E-state index in [1.807, 2.05) is 0 Å². The monoisotopic (exact) mass is 274 g/mol. The molecule has 6 nitrogen and oxygen atoms in total. The Labute approximate surface area is 115 Å². The predicted molar refractivity (Wildman–Crippen MR) is 71.8 cm³/mol. The lowest BCUT2D eigenvalue weighted by Gasteiger charge is -2.03. The van der Waals surface area contributed by atoms with E-state index < -0.39 is 18.0 Å². The maximum Gasteiger partial charge on any atom is 0.337 e. The van der Waals surface area contributed by atoms with Crippen LogP contribution in [0.1, 0.15) is 22.0 Å². The van der Waals surface area contributed by atoms with Crippen molar-refractivity contribution in [2.45, 2.75) is 6.10 Å². The van der Waals surface area contributed by atoms with Crippen LogP contribution in [0.15, 0.2) is 54.9 Å². The smallest absolute Gasteiger partial charge is 0.337 e. The molecule has 0 fully saturated rings. The molecule has 0 saturated heterocycles. The number of pyridine rings is 1. The summed E-state index contributed by atoms with van der Waals surface area (Å²) in [4.78, 5) is 24.3. The van der Waals surface area contributed by atoms with E-state index in [1.54, 1.807) is 48.7 Å². The van der Waals surface area contributed by atoms with Crippen molar-refractivity contribution < 1.29 is 19.8 Å². The number of aliphatic hydroxyl groups excluding tert-OH is 1. The quantitative estimate of drug-likeness (QED) is 0.772. The van der Waals surface area contributed by atoms with Crippen molar-refractivity contribution >= 4 is 11.9 Å². The van der Waals surface area contributed by atoms with Crippen molar-refractivity contribution in [3.05, 3.63) is 66.0 Å². The number of aromatic nitrogens is 1. The van der Waals surface area contributed by atoms with Crippen LogP contribution < -0.4 is 5.73 Å². The van der Waals surface area contributed by atoms with Gasteiger partial charge in [-0.05, 0) is 17.7 Å². The van der Waals surface area contributed by atoms with Crippen molar-refractivity contribution in [2.24, 2.45) is 5.73 Å². The third kappa shape index (κ3) is 4.87. The van der Waals surface area contributed by atoms with E-state index in [0.717, 1.165) is 0 Å². The molecular weight excluding hydrogens is 260 g/mol. The molecule has 2 rings (SSSR count). The zero-order valence-electron chi connectivity index (χ0n) is 10.5. The van der Waals surface area contributed by atoms with Crippen molar-refractivity contribution in [3.63, 3.8) is 0 Å². The summed E-state index contributed by atoms with van der Waals surface area (Å²) in [6.45, 7) is 0. The average molecular weight is 274 g/mol. The minimum Gasteiger partial charge on any atom is -0.479 e. The molecule has 1 amide bonds. The highest BCUT2D eigenvalue weighted by molar-refractivity contribution is 5.92. The maximum atomic E-state index is 10.4. The van der Waals surface area contributed by atoms with E-state index >= 15 is 0 Å². The van der Waals surface area contributed by atoms with E-state index in [4.69, 9.17) is 15.9 Å². The van der Waals surface area contributed by atoms with Crippen LogP contribution in [0.2, 0.25) is 0 Å². The lowest BCUT2D eigenvalue weighted by atomic mass is 10.1. The number of aliphatic hydroxyl groups is 1. The van der Waals surface area contributed by atoms with Gasteiger partial charge in [0.1, 0.15) is 0 Å². The molecule has 0 saturated carbocycles. The second-order valence-corrected chi connectivity index (χ2v) is 3.76. The summed E-state index contributed by atoms with van der Waals surface area (Å²) in [7, 11) is 0. The molecule has 0 aliphatic heterocycles. The number of benzene rings is 1. The maximum absolute atomic E-state index is 10.4. The fraction of sp³-hybridized carbons (Fsp3) is 0.0714. The van der Waals surface area contributed by atoms with Gasteiger partial charge in [-0.25, -0.2) is 4.79 Å². The number of primary amides is 1. The molecule has 0 bridgehead atoms. The zero-order chi connectivity index (χ0) is 15.0. The number of rotatable bonds is 3. The Morgan fingerprint density at radius 2 is 1.75 bits per heavy atom. The molecular formula is C14H14N2O4. The molecule has 2 aromatic rings. The van der Waals surface area contributed by atoms with Crippen molar-refractivity contribution in [1.82, 2.24) is 4.98 Å². The Morgan fingerprint density at radius 1 is 1.10 bits per heavy atom. The number of amides is 1. The summed E-state index contributed by atoms with van der Waals surface area (Å²) < 4.78 is 0. The molecule has 0 aliphatic rings. The molecule has 104 valence electrons. The average Bonchev–Trinajstić information content (AvgIpc) is 2.49. The van der Waals surface area contributed by atoms with Gasteiger partial charge in [-0.15, -0.1) is 0 Å². The number of carboxylic acid groups (broad SMARTS) is 1. The van der Waals surface area contributed by atoms with Gasteiger partial charge in [-0.3, -0.25) is 9.78 Å². The first-order valence-electron chi connectivity index (χ1n) is 5.68. The first-order valence-corrected chi connectivity index (χ1v) is 5.68. The number of hydrogen-bond donors (Lipinski definition) is 3. The number of nitrogens with two attached hydrogens (primary N) is 1. The van der Waals surface area contributed by atoms with Crippen LogP contribution in [0.4, 0.5) is 0 Å². The number of carbonyl (C=O) groups is 2. The van der Waals surface area contributed by atoms with Gasteiger partial charge in [0.25, 0.3) is 0 Å². The molecule has 0 spiro atoms. The summed E-state index contributed by atoms with van der Waals surface area (Å²) >= 11 is 0. The fourth-order valence-electron chi connectivity index (χ4n) is 1.29. The fourth-order valence-corrected chi connectivity index (χ4v) is 1.29. The minimum absolute atomic E-state index is 0.403. The Balaban J connectivity index is 0.000000204. The summed E-state index contributed by atoms with van der Waals surface area (Å²) in [6.07, 6.45) is 1.62. The highest BCUT2D eigenvalue weighted by atomic mass is 16.4. The van der Waals surface area contributed by atoms with E-state index in [2.05, 4.69) is 4.98 Å². The van der Waals surface area contributed by atoms with Crippen molar-refractivity contribution in [2.75, 3.05) is 0 Å². The van der Waals surface area contributed by atoms with E-state index in [0.29, 0.717) is 11.1 Å². The zero-order valence-corrected chi connectivity index (χ0v) is 10.5. The van der Waals surface area contributed by atoms with E-state index in [-0.39, 0.29) is 0 Å². The van der Waals surface area contributed by atoms with Crippen LogP contribution in [0.25, 0.3) is 0 Å². The van der Waals surface area contributed by atoms with Gasteiger partial charge in [0.2, 0.25) is 5.91 Å². The molecule has 1 aromatic carbocycles. The van der Waals surface area contributed by atoms with Crippen LogP contribution in [-0.4, -0.2) is 27.1 Å². The molecule has 0 unspecified atom stereocenters. The number of carbonyl (C=O) groups excluding carboxylic acids is 1. The van der Waals surface area contributed by atoms with Crippen molar-refractivity contribution in [3.8, 4) is 0 Å². The van der Waals surface area contributed by atoms with Crippen LogP contribution in [0.5, 0.6) is 0 Å².